The maximum atomic E-state index is 11.3. The summed E-state index contributed by atoms with van der Waals surface area (Å²) >= 11 is 12.2. The molecule has 1 aromatic heterocycles. The van der Waals surface area contributed by atoms with Crippen LogP contribution in [0, 0.1) is 22.0 Å². The van der Waals surface area contributed by atoms with Crippen LogP contribution >= 0.6 is 23.2 Å². The number of nitrogens with zero attached hydrogens (tertiary/aromatic N) is 3. The van der Waals surface area contributed by atoms with Crippen LogP contribution in [0.4, 0.5) is 17.5 Å². The highest BCUT2D eigenvalue weighted by Crippen LogP contribution is 2.29. The van der Waals surface area contributed by atoms with E-state index in [1.807, 2.05) is 0 Å². The van der Waals surface area contributed by atoms with Crippen molar-refractivity contribution in [2.24, 2.45) is 17.6 Å². The number of benzene rings is 1. The highest BCUT2D eigenvalue weighted by molar-refractivity contribution is 6.33. The largest absolute Gasteiger partial charge is 0.364 e. The van der Waals surface area contributed by atoms with E-state index in [0.717, 1.165) is 37.8 Å². The molecule has 4 N–H and O–H groups in total. The lowest BCUT2D eigenvalue weighted by atomic mass is 9.82. The molecule has 0 unspecified atom stereocenters. The molecule has 8 nitrogen and oxygen atoms in total. The number of hydrogen-bond donors (Lipinski definition) is 3. The van der Waals surface area contributed by atoms with Gasteiger partial charge in [-0.25, -0.2) is 4.98 Å². The molecule has 29 heavy (non-hydrogen) atoms. The molecule has 1 heterocycles. The van der Waals surface area contributed by atoms with Crippen molar-refractivity contribution in [1.29, 1.82) is 0 Å². The molecule has 1 fully saturated rings. The molecule has 2 aromatic rings. The van der Waals surface area contributed by atoms with Crippen LogP contribution in [-0.4, -0.2) is 28.0 Å². The van der Waals surface area contributed by atoms with Gasteiger partial charge >= 0.3 is 5.69 Å². The standard InChI is InChI=1S/C19H24Cl2N6O2/c20-15-5-6-16(21)14(7-15)10-24-19-25-11-17(27(28)29)18(26-19)23-9-13-3-1-12(8-22)2-4-13/h5-7,11-13H,1-4,8-10,22H2,(H2,23,24,25,26). The van der Waals surface area contributed by atoms with Crippen molar-refractivity contribution in [3.63, 3.8) is 0 Å². The first-order chi connectivity index (χ1) is 14.0. The second-order valence-electron chi connectivity index (χ2n) is 7.28. The highest BCUT2D eigenvalue weighted by atomic mass is 35.5. The van der Waals surface area contributed by atoms with Crippen LogP contribution < -0.4 is 16.4 Å². The van der Waals surface area contributed by atoms with Crippen molar-refractivity contribution in [2.75, 3.05) is 23.7 Å². The van der Waals surface area contributed by atoms with Gasteiger partial charge in [0.15, 0.2) is 0 Å². The lowest BCUT2D eigenvalue weighted by Gasteiger charge is -2.27. The first-order valence-electron chi connectivity index (χ1n) is 9.59. The minimum absolute atomic E-state index is 0.146. The van der Waals surface area contributed by atoms with E-state index in [9.17, 15) is 10.1 Å². The number of aromatic nitrogens is 2. The Hall–Kier alpha value is -2.16. The van der Waals surface area contributed by atoms with Crippen molar-refractivity contribution in [3.8, 4) is 0 Å². The summed E-state index contributed by atoms with van der Waals surface area (Å²) in [6.45, 7) is 1.71. The van der Waals surface area contributed by atoms with Crippen molar-refractivity contribution in [1.82, 2.24) is 9.97 Å². The molecule has 1 aliphatic carbocycles. The Balaban J connectivity index is 1.66. The molecule has 0 saturated heterocycles. The second-order valence-corrected chi connectivity index (χ2v) is 8.12. The quantitative estimate of drug-likeness (QED) is 0.410. The summed E-state index contributed by atoms with van der Waals surface area (Å²) in [5, 5.41) is 18.7. The van der Waals surface area contributed by atoms with Crippen LogP contribution in [0.2, 0.25) is 10.0 Å². The number of hydrogen-bond acceptors (Lipinski definition) is 7. The maximum absolute atomic E-state index is 11.3. The first kappa shape index (κ1) is 21.5. The van der Waals surface area contributed by atoms with E-state index < -0.39 is 4.92 Å². The van der Waals surface area contributed by atoms with Gasteiger partial charge in [-0.3, -0.25) is 10.1 Å². The monoisotopic (exact) mass is 438 g/mol. The van der Waals surface area contributed by atoms with Gasteiger partial charge in [-0.15, -0.1) is 0 Å². The van der Waals surface area contributed by atoms with E-state index in [2.05, 4.69) is 20.6 Å². The first-order valence-corrected chi connectivity index (χ1v) is 10.3. The SMILES string of the molecule is NCC1CCC(CNc2nc(NCc3cc(Cl)ccc3Cl)ncc2[N+](=O)[O-])CC1. The van der Waals surface area contributed by atoms with Crippen molar-refractivity contribution < 1.29 is 4.92 Å². The molecule has 0 bridgehead atoms. The highest BCUT2D eigenvalue weighted by Gasteiger charge is 2.22. The zero-order valence-electron chi connectivity index (χ0n) is 15.9. The average Bonchev–Trinajstić information content (AvgIpc) is 2.73. The lowest BCUT2D eigenvalue weighted by Crippen LogP contribution is -2.25. The third-order valence-electron chi connectivity index (χ3n) is 5.27. The van der Waals surface area contributed by atoms with E-state index in [-0.39, 0.29) is 17.5 Å². The van der Waals surface area contributed by atoms with Gasteiger partial charge in [0.2, 0.25) is 11.8 Å². The normalized spacial score (nSPS) is 19.0. The van der Waals surface area contributed by atoms with Crippen LogP contribution in [0.15, 0.2) is 24.4 Å². The van der Waals surface area contributed by atoms with Crippen molar-refractivity contribution >= 4 is 40.7 Å². The minimum Gasteiger partial charge on any atom is -0.364 e. The number of nitrogens with one attached hydrogen (secondary N) is 2. The number of nitro groups is 1. The molecule has 0 atom stereocenters. The molecule has 0 aliphatic heterocycles. The zero-order chi connectivity index (χ0) is 20.8. The fraction of sp³-hybridized carbons (Fsp3) is 0.474. The Labute approximate surface area is 179 Å². The van der Waals surface area contributed by atoms with Crippen molar-refractivity contribution in [3.05, 3.63) is 50.1 Å². The molecule has 156 valence electrons. The van der Waals surface area contributed by atoms with Gasteiger partial charge in [-0.05, 0) is 67.8 Å². The Morgan fingerprint density at radius 3 is 2.59 bits per heavy atom. The summed E-state index contributed by atoms with van der Waals surface area (Å²) < 4.78 is 0. The van der Waals surface area contributed by atoms with E-state index in [0.29, 0.717) is 35.0 Å². The molecule has 1 saturated carbocycles. The van der Waals surface area contributed by atoms with Gasteiger partial charge in [-0.1, -0.05) is 23.2 Å². The number of halogens is 2. The maximum Gasteiger partial charge on any atom is 0.329 e. The van der Waals surface area contributed by atoms with Crippen molar-refractivity contribution in [2.45, 2.75) is 32.2 Å². The number of anilines is 2. The predicted molar refractivity (Wildman–Crippen MR) is 115 cm³/mol. The van der Waals surface area contributed by atoms with Crippen LogP contribution in [0.25, 0.3) is 0 Å². The molecular formula is C19H24Cl2N6O2. The van der Waals surface area contributed by atoms with Gasteiger partial charge in [0.05, 0.1) is 4.92 Å². The summed E-state index contributed by atoms with van der Waals surface area (Å²) in [7, 11) is 0. The van der Waals surface area contributed by atoms with E-state index in [1.54, 1.807) is 18.2 Å². The van der Waals surface area contributed by atoms with Gasteiger partial charge in [0.1, 0.15) is 6.20 Å². The molecule has 3 rings (SSSR count). The summed E-state index contributed by atoms with van der Waals surface area (Å²) in [6, 6.07) is 5.17. The predicted octanol–water partition coefficient (Wildman–Crippen LogP) is 4.48. The fourth-order valence-corrected chi connectivity index (χ4v) is 3.87. The van der Waals surface area contributed by atoms with E-state index in [1.165, 1.54) is 6.20 Å². The molecule has 1 aliphatic rings. The molecular weight excluding hydrogens is 415 g/mol. The van der Waals surface area contributed by atoms with E-state index in [4.69, 9.17) is 28.9 Å². The van der Waals surface area contributed by atoms with Crippen LogP contribution in [0.5, 0.6) is 0 Å². The molecule has 1 aromatic carbocycles. The van der Waals surface area contributed by atoms with Crippen LogP contribution in [0.1, 0.15) is 31.2 Å². The minimum atomic E-state index is -0.481. The van der Waals surface area contributed by atoms with Gasteiger partial charge in [-0.2, -0.15) is 4.98 Å². The molecule has 0 spiro atoms. The van der Waals surface area contributed by atoms with Gasteiger partial charge < -0.3 is 16.4 Å². The fourth-order valence-electron chi connectivity index (χ4n) is 3.49. The van der Waals surface area contributed by atoms with Crippen LogP contribution in [-0.2, 0) is 6.54 Å². The summed E-state index contributed by atoms with van der Waals surface area (Å²) in [5.74, 6) is 1.54. The van der Waals surface area contributed by atoms with Gasteiger partial charge in [0, 0.05) is 23.1 Å². The Morgan fingerprint density at radius 1 is 1.17 bits per heavy atom. The lowest BCUT2D eigenvalue weighted by molar-refractivity contribution is -0.384. The van der Waals surface area contributed by atoms with Gasteiger partial charge in [0.25, 0.3) is 0 Å². The van der Waals surface area contributed by atoms with E-state index >= 15 is 0 Å². The number of rotatable bonds is 8. The zero-order valence-corrected chi connectivity index (χ0v) is 17.4. The molecule has 10 heteroatoms. The third kappa shape index (κ3) is 5.91. The topological polar surface area (TPSA) is 119 Å². The Bertz CT molecular complexity index is 859. The Kier molecular flexibility index (Phi) is 7.46. The Morgan fingerprint density at radius 2 is 1.90 bits per heavy atom. The smallest absolute Gasteiger partial charge is 0.329 e. The summed E-state index contributed by atoms with van der Waals surface area (Å²) in [5.41, 5.74) is 6.38. The summed E-state index contributed by atoms with van der Waals surface area (Å²) in [6.07, 6.45) is 5.53. The molecule has 0 radical (unpaired) electrons. The third-order valence-corrected chi connectivity index (χ3v) is 5.87. The second kappa shape index (κ2) is 10.0. The average molecular weight is 439 g/mol. The molecule has 0 amide bonds. The van der Waals surface area contributed by atoms with Crippen LogP contribution in [0.3, 0.4) is 0 Å². The number of nitrogens with two attached hydrogens (primary N) is 1. The summed E-state index contributed by atoms with van der Waals surface area (Å²) in [4.78, 5) is 19.2.